The molecule has 1 unspecified atom stereocenters. The van der Waals surface area contributed by atoms with Crippen LogP contribution >= 0.6 is 27.3 Å². The molecule has 0 saturated carbocycles. The van der Waals surface area contributed by atoms with E-state index in [1.165, 1.54) is 5.01 Å². The maximum Gasteiger partial charge on any atom is 0.112 e. The molecule has 1 saturated heterocycles. The molecular weight excluding hydrogens is 322 g/mol. The monoisotopic (exact) mass is 337 g/mol. The average Bonchev–Trinajstić information content (AvgIpc) is 2.89. The fraction of sp³-hybridized carbons (Fsp3) is 0.357. The smallest absolute Gasteiger partial charge is 0.112 e. The number of rotatable bonds is 2. The number of hydrogen-bond acceptors (Lipinski definition) is 4. The summed E-state index contributed by atoms with van der Waals surface area (Å²) < 4.78 is 1.10. The Morgan fingerprint density at radius 1 is 1.42 bits per heavy atom. The van der Waals surface area contributed by atoms with Gasteiger partial charge < -0.3 is 10.2 Å². The molecule has 2 aromatic rings. The summed E-state index contributed by atoms with van der Waals surface area (Å²) in [6.45, 7) is 3.17. The molecule has 1 N–H and O–H groups in total. The van der Waals surface area contributed by atoms with E-state index in [1.54, 1.807) is 11.3 Å². The van der Waals surface area contributed by atoms with E-state index >= 15 is 0 Å². The first kappa shape index (κ1) is 13.2. The van der Waals surface area contributed by atoms with Crippen molar-refractivity contribution in [3.63, 3.8) is 0 Å². The third-order valence-corrected chi connectivity index (χ3v) is 5.00. The lowest BCUT2D eigenvalue weighted by atomic mass is 10.2. The standard InChI is InChI=1S/C14H16BrN3S/c1-18-7-6-16-12(8-18)14-17-13(9-19-14)10-4-2-3-5-11(10)15/h2-5,9,12,16H,6-8H2,1H3. The van der Waals surface area contributed by atoms with Crippen LogP contribution in [0.15, 0.2) is 34.1 Å². The first-order valence-electron chi connectivity index (χ1n) is 6.36. The normalized spacial score (nSPS) is 20.6. The minimum absolute atomic E-state index is 0.361. The molecule has 19 heavy (non-hydrogen) atoms. The van der Waals surface area contributed by atoms with Crippen LogP contribution in [0.2, 0.25) is 0 Å². The molecule has 100 valence electrons. The summed E-state index contributed by atoms with van der Waals surface area (Å²) in [5.41, 5.74) is 2.22. The third kappa shape index (κ3) is 2.89. The van der Waals surface area contributed by atoms with Crippen molar-refractivity contribution in [1.29, 1.82) is 0 Å². The SMILES string of the molecule is CN1CCNC(c2nc(-c3ccccc3Br)cs2)C1. The number of nitrogens with one attached hydrogen (secondary N) is 1. The van der Waals surface area contributed by atoms with Gasteiger partial charge in [-0.3, -0.25) is 0 Å². The highest BCUT2D eigenvalue weighted by molar-refractivity contribution is 9.10. The summed E-state index contributed by atoms with van der Waals surface area (Å²) in [6.07, 6.45) is 0. The van der Waals surface area contributed by atoms with Gasteiger partial charge in [-0.05, 0) is 13.1 Å². The van der Waals surface area contributed by atoms with Gasteiger partial charge in [0.15, 0.2) is 0 Å². The number of halogens is 1. The van der Waals surface area contributed by atoms with E-state index < -0.39 is 0 Å². The first-order valence-corrected chi connectivity index (χ1v) is 8.03. The molecular formula is C14H16BrN3S. The van der Waals surface area contributed by atoms with Crippen molar-refractivity contribution in [2.75, 3.05) is 26.7 Å². The van der Waals surface area contributed by atoms with Gasteiger partial charge in [-0.2, -0.15) is 0 Å². The number of likely N-dealkylation sites (N-methyl/N-ethyl adjacent to an activating group) is 1. The van der Waals surface area contributed by atoms with Crippen LogP contribution in [0.25, 0.3) is 11.3 Å². The lowest BCUT2D eigenvalue weighted by Crippen LogP contribution is -2.43. The summed E-state index contributed by atoms with van der Waals surface area (Å²) in [7, 11) is 2.16. The molecule has 0 bridgehead atoms. The van der Waals surface area contributed by atoms with Crippen LogP contribution in [0, 0.1) is 0 Å². The number of aromatic nitrogens is 1. The van der Waals surface area contributed by atoms with Crippen molar-refractivity contribution >= 4 is 27.3 Å². The Morgan fingerprint density at radius 2 is 2.26 bits per heavy atom. The van der Waals surface area contributed by atoms with Gasteiger partial charge in [0.25, 0.3) is 0 Å². The second kappa shape index (κ2) is 5.71. The predicted molar refractivity (Wildman–Crippen MR) is 83.5 cm³/mol. The van der Waals surface area contributed by atoms with Crippen LogP contribution in [-0.4, -0.2) is 36.6 Å². The molecule has 1 atom stereocenters. The Bertz CT molecular complexity index is 569. The Morgan fingerprint density at radius 3 is 3.05 bits per heavy atom. The maximum atomic E-state index is 4.80. The van der Waals surface area contributed by atoms with Gasteiger partial charge in [0.05, 0.1) is 11.7 Å². The lowest BCUT2D eigenvalue weighted by Gasteiger charge is -2.29. The Balaban J connectivity index is 1.85. The summed E-state index contributed by atoms with van der Waals surface area (Å²) >= 11 is 5.33. The number of benzene rings is 1. The van der Waals surface area contributed by atoms with Gasteiger partial charge in [-0.25, -0.2) is 4.98 Å². The Kier molecular flexibility index (Phi) is 3.98. The molecule has 0 aliphatic carbocycles. The second-order valence-corrected chi connectivity index (χ2v) is 6.56. The van der Waals surface area contributed by atoms with Gasteiger partial charge >= 0.3 is 0 Å². The molecule has 3 nitrogen and oxygen atoms in total. The van der Waals surface area contributed by atoms with Gasteiger partial charge in [0.1, 0.15) is 5.01 Å². The van der Waals surface area contributed by atoms with E-state index in [2.05, 4.69) is 50.7 Å². The molecule has 5 heteroatoms. The molecule has 0 radical (unpaired) electrons. The zero-order valence-corrected chi connectivity index (χ0v) is 13.2. The zero-order valence-electron chi connectivity index (χ0n) is 10.8. The summed E-state index contributed by atoms with van der Waals surface area (Å²) in [4.78, 5) is 7.15. The molecule has 0 spiro atoms. The topological polar surface area (TPSA) is 28.2 Å². The van der Waals surface area contributed by atoms with Gasteiger partial charge in [0, 0.05) is 35.1 Å². The highest BCUT2D eigenvalue weighted by Gasteiger charge is 2.21. The minimum Gasteiger partial charge on any atom is -0.306 e. The van der Waals surface area contributed by atoms with Gasteiger partial charge in [0.2, 0.25) is 0 Å². The van der Waals surface area contributed by atoms with Gasteiger partial charge in [-0.1, -0.05) is 34.1 Å². The number of thiazole rings is 1. The van der Waals surface area contributed by atoms with Crippen molar-refractivity contribution < 1.29 is 0 Å². The molecule has 1 aliphatic heterocycles. The molecule has 2 heterocycles. The molecule has 1 aliphatic rings. The number of hydrogen-bond donors (Lipinski definition) is 1. The maximum absolute atomic E-state index is 4.80. The van der Waals surface area contributed by atoms with E-state index in [1.807, 2.05) is 12.1 Å². The highest BCUT2D eigenvalue weighted by atomic mass is 79.9. The van der Waals surface area contributed by atoms with Crippen LogP contribution in [0.3, 0.4) is 0 Å². The largest absolute Gasteiger partial charge is 0.306 e. The summed E-state index contributed by atoms with van der Waals surface area (Å²) in [5, 5.41) is 6.86. The minimum atomic E-state index is 0.361. The van der Waals surface area contributed by atoms with Crippen molar-refractivity contribution in [2.45, 2.75) is 6.04 Å². The number of nitrogens with zero attached hydrogens (tertiary/aromatic N) is 2. The van der Waals surface area contributed by atoms with E-state index in [0.29, 0.717) is 6.04 Å². The van der Waals surface area contributed by atoms with Gasteiger partial charge in [-0.15, -0.1) is 11.3 Å². The van der Waals surface area contributed by atoms with Crippen LogP contribution in [0.1, 0.15) is 11.0 Å². The van der Waals surface area contributed by atoms with Crippen LogP contribution in [0.4, 0.5) is 0 Å². The fourth-order valence-corrected chi connectivity index (χ4v) is 3.68. The van der Waals surface area contributed by atoms with Crippen LogP contribution < -0.4 is 5.32 Å². The summed E-state index contributed by atoms with van der Waals surface area (Å²) in [5.74, 6) is 0. The summed E-state index contributed by atoms with van der Waals surface area (Å²) in [6, 6.07) is 8.59. The molecule has 0 amide bonds. The van der Waals surface area contributed by atoms with Crippen molar-refractivity contribution in [1.82, 2.24) is 15.2 Å². The quantitative estimate of drug-likeness (QED) is 0.912. The molecule has 1 fully saturated rings. The third-order valence-electron chi connectivity index (χ3n) is 3.35. The van der Waals surface area contributed by atoms with Crippen molar-refractivity contribution in [3.8, 4) is 11.3 Å². The number of piperazine rings is 1. The van der Waals surface area contributed by atoms with E-state index in [0.717, 1.165) is 35.4 Å². The van der Waals surface area contributed by atoms with Crippen molar-refractivity contribution in [2.24, 2.45) is 0 Å². The zero-order chi connectivity index (χ0) is 13.2. The fourth-order valence-electron chi connectivity index (χ4n) is 2.30. The van der Waals surface area contributed by atoms with E-state index in [4.69, 9.17) is 4.98 Å². The van der Waals surface area contributed by atoms with Crippen molar-refractivity contribution in [3.05, 3.63) is 39.1 Å². The Hall–Kier alpha value is -0.750. The second-order valence-electron chi connectivity index (χ2n) is 4.82. The first-order chi connectivity index (χ1) is 9.24. The predicted octanol–water partition coefficient (Wildman–Crippen LogP) is 3.15. The van der Waals surface area contributed by atoms with E-state index in [-0.39, 0.29) is 0 Å². The van der Waals surface area contributed by atoms with E-state index in [9.17, 15) is 0 Å². The highest BCUT2D eigenvalue weighted by Crippen LogP contribution is 2.31. The lowest BCUT2D eigenvalue weighted by molar-refractivity contribution is 0.240. The van der Waals surface area contributed by atoms with Crippen LogP contribution in [0.5, 0.6) is 0 Å². The molecule has 1 aromatic carbocycles. The molecule has 1 aromatic heterocycles. The molecule has 3 rings (SSSR count). The average molecular weight is 338 g/mol. The Labute approximate surface area is 125 Å². The van der Waals surface area contributed by atoms with Crippen LogP contribution in [-0.2, 0) is 0 Å².